The molecule has 0 saturated heterocycles. The number of para-hydroxylation sites is 2. The minimum Gasteiger partial charge on any atom is -0.311 e. The van der Waals surface area contributed by atoms with E-state index in [0.29, 0.717) is 5.69 Å². The summed E-state index contributed by atoms with van der Waals surface area (Å²) in [6.45, 7) is 7.43. The van der Waals surface area contributed by atoms with Crippen molar-refractivity contribution in [2.75, 3.05) is 0 Å². The first kappa shape index (κ1) is 11.7. The third kappa shape index (κ3) is 1.65. The summed E-state index contributed by atoms with van der Waals surface area (Å²) < 4.78 is 2.22. The normalized spacial score (nSPS) is 10.8. The molecule has 0 N–H and O–H groups in total. The lowest BCUT2D eigenvalue weighted by atomic mass is 10.1. The van der Waals surface area contributed by atoms with Crippen LogP contribution in [0.4, 0.5) is 5.69 Å². The lowest BCUT2D eigenvalue weighted by Crippen LogP contribution is -1.92. The van der Waals surface area contributed by atoms with Crippen molar-refractivity contribution in [2.24, 2.45) is 0 Å². The van der Waals surface area contributed by atoms with Gasteiger partial charge in [-0.1, -0.05) is 48.5 Å². The highest BCUT2D eigenvalue weighted by atomic mass is 15.0. The number of fused-ring (bicyclic) bond motifs is 3. The second-order valence-electron chi connectivity index (χ2n) is 4.97. The van der Waals surface area contributed by atoms with Crippen LogP contribution in [0.25, 0.3) is 32.3 Å². The SMILES string of the molecule is [C-]#[N+]c1cccc2c1c1ccccc1n2-c1ccccc1. The number of aromatic nitrogens is 1. The van der Waals surface area contributed by atoms with Gasteiger partial charge in [0.2, 0.25) is 0 Å². The Bertz CT molecular complexity index is 989. The summed E-state index contributed by atoms with van der Waals surface area (Å²) in [7, 11) is 0. The molecular weight excluding hydrogens is 256 g/mol. The summed E-state index contributed by atoms with van der Waals surface area (Å²) in [5.41, 5.74) is 4.04. The first-order valence-electron chi connectivity index (χ1n) is 6.85. The van der Waals surface area contributed by atoms with Gasteiger partial charge in [0.15, 0.2) is 5.69 Å². The van der Waals surface area contributed by atoms with E-state index in [0.717, 1.165) is 27.5 Å². The average molecular weight is 268 g/mol. The fourth-order valence-electron chi connectivity index (χ4n) is 2.95. The first-order valence-corrected chi connectivity index (χ1v) is 6.85. The Balaban J connectivity index is 2.27. The standard InChI is InChI=1S/C19H12N2/c1-20-16-11-7-13-18-19(16)15-10-5-6-12-17(15)21(18)14-8-3-2-4-9-14/h2-13H. The third-order valence-corrected chi connectivity index (χ3v) is 3.81. The molecule has 0 aliphatic heterocycles. The Morgan fingerprint density at radius 3 is 2.24 bits per heavy atom. The van der Waals surface area contributed by atoms with Gasteiger partial charge in [-0.15, -0.1) is 0 Å². The first-order chi connectivity index (χ1) is 10.4. The number of hydrogen-bond donors (Lipinski definition) is 0. The number of nitrogens with zero attached hydrogens (tertiary/aromatic N) is 2. The lowest BCUT2D eigenvalue weighted by molar-refractivity contribution is 1.18. The van der Waals surface area contributed by atoms with Crippen LogP contribution < -0.4 is 0 Å². The minimum absolute atomic E-state index is 0.707. The Hall–Kier alpha value is -3.05. The van der Waals surface area contributed by atoms with Crippen LogP contribution in [0.1, 0.15) is 0 Å². The zero-order valence-corrected chi connectivity index (χ0v) is 11.3. The quantitative estimate of drug-likeness (QED) is 0.412. The van der Waals surface area contributed by atoms with Gasteiger partial charge in [-0.25, -0.2) is 4.85 Å². The predicted molar refractivity (Wildman–Crippen MR) is 87.0 cm³/mol. The van der Waals surface area contributed by atoms with E-state index in [1.165, 1.54) is 0 Å². The van der Waals surface area contributed by atoms with Crippen LogP contribution >= 0.6 is 0 Å². The van der Waals surface area contributed by atoms with Gasteiger partial charge in [-0.05, 0) is 29.7 Å². The third-order valence-electron chi connectivity index (χ3n) is 3.81. The predicted octanol–water partition coefficient (Wildman–Crippen LogP) is 5.33. The van der Waals surface area contributed by atoms with E-state index >= 15 is 0 Å². The molecule has 0 unspecified atom stereocenters. The molecule has 0 fully saturated rings. The molecule has 3 aromatic carbocycles. The monoisotopic (exact) mass is 268 g/mol. The van der Waals surface area contributed by atoms with E-state index in [4.69, 9.17) is 6.57 Å². The van der Waals surface area contributed by atoms with Crippen LogP contribution in [0.15, 0.2) is 72.8 Å². The maximum Gasteiger partial charge on any atom is 0.197 e. The second kappa shape index (κ2) is 4.50. The minimum atomic E-state index is 0.707. The maximum absolute atomic E-state index is 7.43. The smallest absolute Gasteiger partial charge is 0.197 e. The Labute approximate surface area is 122 Å². The van der Waals surface area contributed by atoms with Gasteiger partial charge in [0.1, 0.15) is 0 Å². The zero-order chi connectivity index (χ0) is 14.2. The van der Waals surface area contributed by atoms with E-state index in [-0.39, 0.29) is 0 Å². The summed E-state index contributed by atoms with van der Waals surface area (Å²) in [4.78, 5) is 3.69. The molecule has 0 bridgehead atoms. The maximum atomic E-state index is 7.43. The van der Waals surface area contributed by atoms with Gasteiger partial charge in [0.25, 0.3) is 0 Å². The van der Waals surface area contributed by atoms with Crippen molar-refractivity contribution in [3.8, 4) is 5.69 Å². The fraction of sp³-hybridized carbons (Fsp3) is 0. The van der Waals surface area contributed by atoms with Crippen molar-refractivity contribution in [3.63, 3.8) is 0 Å². The Kier molecular flexibility index (Phi) is 2.52. The van der Waals surface area contributed by atoms with Gasteiger partial charge in [-0.2, -0.15) is 0 Å². The highest BCUT2D eigenvalue weighted by Gasteiger charge is 2.13. The number of benzene rings is 3. The fourth-order valence-corrected chi connectivity index (χ4v) is 2.95. The topological polar surface area (TPSA) is 9.29 Å². The summed E-state index contributed by atoms with van der Waals surface area (Å²) >= 11 is 0. The van der Waals surface area contributed by atoms with Gasteiger partial charge in [-0.3, -0.25) is 0 Å². The lowest BCUT2D eigenvalue weighted by Gasteiger charge is -2.07. The van der Waals surface area contributed by atoms with E-state index < -0.39 is 0 Å². The van der Waals surface area contributed by atoms with Crippen LogP contribution in [0.3, 0.4) is 0 Å². The zero-order valence-electron chi connectivity index (χ0n) is 11.3. The molecule has 0 saturated carbocycles. The van der Waals surface area contributed by atoms with Crippen molar-refractivity contribution < 1.29 is 0 Å². The molecule has 4 rings (SSSR count). The molecule has 21 heavy (non-hydrogen) atoms. The summed E-state index contributed by atoms with van der Waals surface area (Å²) in [6, 6.07) is 24.5. The van der Waals surface area contributed by atoms with Gasteiger partial charge < -0.3 is 4.57 Å². The van der Waals surface area contributed by atoms with Crippen LogP contribution in [-0.4, -0.2) is 4.57 Å². The molecule has 0 amide bonds. The molecule has 0 spiro atoms. The van der Waals surface area contributed by atoms with Crippen LogP contribution in [0.5, 0.6) is 0 Å². The molecule has 4 aromatic rings. The molecular formula is C19H12N2. The van der Waals surface area contributed by atoms with Gasteiger partial charge in [0.05, 0.1) is 12.1 Å². The summed E-state index contributed by atoms with van der Waals surface area (Å²) in [6.07, 6.45) is 0. The molecule has 2 nitrogen and oxygen atoms in total. The van der Waals surface area contributed by atoms with E-state index in [2.05, 4.69) is 39.7 Å². The molecule has 1 heterocycles. The van der Waals surface area contributed by atoms with Crippen LogP contribution in [-0.2, 0) is 0 Å². The highest BCUT2D eigenvalue weighted by Crippen LogP contribution is 2.37. The van der Waals surface area contributed by atoms with Crippen molar-refractivity contribution in [2.45, 2.75) is 0 Å². The van der Waals surface area contributed by atoms with Crippen LogP contribution in [0, 0.1) is 6.57 Å². The molecule has 0 aliphatic carbocycles. The van der Waals surface area contributed by atoms with Gasteiger partial charge in [0, 0.05) is 16.6 Å². The van der Waals surface area contributed by atoms with Crippen molar-refractivity contribution in [1.29, 1.82) is 0 Å². The number of hydrogen-bond acceptors (Lipinski definition) is 0. The van der Waals surface area contributed by atoms with Crippen molar-refractivity contribution in [3.05, 3.63) is 84.2 Å². The molecule has 0 atom stereocenters. The second-order valence-corrected chi connectivity index (χ2v) is 4.97. The molecule has 98 valence electrons. The summed E-state index contributed by atoms with van der Waals surface area (Å²) in [5, 5.41) is 2.16. The van der Waals surface area contributed by atoms with Crippen molar-refractivity contribution in [1.82, 2.24) is 4.57 Å². The average Bonchev–Trinajstić information content (AvgIpc) is 2.90. The number of rotatable bonds is 1. The van der Waals surface area contributed by atoms with E-state index in [1.807, 2.05) is 42.5 Å². The molecule has 0 aliphatic rings. The largest absolute Gasteiger partial charge is 0.311 e. The van der Waals surface area contributed by atoms with E-state index in [1.54, 1.807) is 0 Å². The Morgan fingerprint density at radius 2 is 1.43 bits per heavy atom. The molecule has 1 aromatic heterocycles. The van der Waals surface area contributed by atoms with Gasteiger partial charge >= 0.3 is 0 Å². The van der Waals surface area contributed by atoms with Crippen molar-refractivity contribution >= 4 is 27.5 Å². The van der Waals surface area contributed by atoms with Crippen LogP contribution in [0.2, 0.25) is 0 Å². The highest BCUT2D eigenvalue weighted by molar-refractivity contribution is 6.15. The van der Waals surface area contributed by atoms with E-state index in [9.17, 15) is 0 Å². The molecule has 2 heteroatoms. The Morgan fingerprint density at radius 1 is 0.714 bits per heavy atom. The molecule has 0 radical (unpaired) electrons. The summed E-state index contributed by atoms with van der Waals surface area (Å²) in [5.74, 6) is 0.